The summed E-state index contributed by atoms with van der Waals surface area (Å²) in [5, 5.41) is 0. The van der Waals surface area contributed by atoms with Crippen molar-refractivity contribution in [3.8, 4) is 0 Å². The van der Waals surface area contributed by atoms with Gasteiger partial charge in [-0.3, -0.25) is 4.79 Å². The van der Waals surface area contributed by atoms with Gasteiger partial charge in [0.1, 0.15) is 11.6 Å². The average molecular weight is 266 g/mol. The third kappa shape index (κ3) is 3.17. The summed E-state index contributed by atoms with van der Waals surface area (Å²) in [6.45, 7) is 1.81. The van der Waals surface area contributed by atoms with Gasteiger partial charge in [-0.1, -0.05) is 6.07 Å². The Balaban J connectivity index is 2.05. The summed E-state index contributed by atoms with van der Waals surface area (Å²) in [4.78, 5) is 13.5. The first-order valence-electron chi connectivity index (χ1n) is 6.23. The lowest BCUT2D eigenvalue weighted by molar-refractivity contribution is -0.125. The van der Waals surface area contributed by atoms with Gasteiger partial charge in [0.05, 0.1) is 0 Å². The molecule has 1 heterocycles. The SMILES string of the molecule is NCC1CCN(C(=O)C=Cc2c(F)cccc2F)C1. The van der Waals surface area contributed by atoms with Crippen molar-refractivity contribution in [1.29, 1.82) is 0 Å². The molecule has 1 aliphatic heterocycles. The van der Waals surface area contributed by atoms with E-state index < -0.39 is 11.6 Å². The van der Waals surface area contributed by atoms with Crippen LogP contribution < -0.4 is 5.73 Å². The smallest absolute Gasteiger partial charge is 0.246 e. The molecule has 0 saturated carbocycles. The second kappa shape index (κ2) is 5.93. The predicted molar refractivity (Wildman–Crippen MR) is 69.1 cm³/mol. The van der Waals surface area contributed by atoms with Gasteiger partial charge in [0.15, 0.2) is 0 Å². The van der Waals surface area contributed by atoms with E-state index in [2.05, 4.69) is 0 Å². The van der Waals surface area contributed by atoms with Crippen molar-refractivity contribution in [3.05, 3.63) is 41.5 Å². The summed E-state index contributed by atoms with van der Waals surface area (Å²) in [5.74, 6) is -1.27. The van der Waals surface area contributed by atoms with Crippen LogP contribution in [0.15, 0.2) is 24.3 Å². The van der Waals surface area contributed by atoms with Crippen molar-refractivity contribution in [1.82, 2.24) is 4.90 Å². The molecule has 1 aliphatic rings. The van der Waals surface area contributed by atoms with Crippen molar-refractivity contribution in [2.75, 3.05) is 19.6 Å². The lowest BCUT2D eigenvalue weighted by atomic mass is 10.1. The van der Waals surface area contributed by atoms with Crippen LogP contribution >= 0.6 is 0 Å². The van der Waals surface area contributed by atoms with Gasteiger partial charge < -0.3 is 10.6 Å². The second-order valence-corrected chi connectivity index (χ2v) is 4.64. The molecule has 19 heavy (non-hydrogen) atoms. The first-order valence-corrected chi connectivity index (χ1v) is 6.23. The fourth-order valence-corrected chi connectivity index (χ4v) is 2.16. The topological polar surface area (TPSA) is 46.3 Å². The van der Waals surface area contributed by atoms with Crippen LogP contribution in [0.4, 0.5) is 8.78 Å². The van der Waals surface area contributed by atoms with Crippen molar-refractivity contribution in [2.24, 2.45) is 11.7 Å². The first kappa shape index (κ1) is 13.7. The molecule has 1 aromatic rings. The highest BCUT2D eigenvalue weighted by Crippen LogP contribution is 2.17. The maximum atomic E-state index is 13.4. The number of rotatable bonds is 3. The molecule has 2 N–H and O–H groups in total. The van der Waals surface area contributed by atoms with Gasteiger partial charge in [0.2, 0.25) is 5.91 Å². The van der Waals surface area contributed by atoms with Crippen LogP contribution in [0.1, 0.15) is 12.0 Å². The average Bonchev–Trinajstić information content (AvgIpc) is 2.86. The van der Waals surface area contributed by atoms with Crippen LogP contribution in [0.25, 0.3) is 6.08 Å². The summed E-state index contributed by atoms with van der Waals surface area (Å²) in [7, 11) is 0. The molecule has 0 spiro atoms. The Morgan fingerprint density at radius 3 is 2.68 bits per heavy atom. The molecule has 1 fully saturated rings. The Morgan fingerprint density at radius 2 is 2.11 bits per heavy atom. The molecule has 5 heteroatoms. The van der Waals surface area contributed by atoms with E-state index in [1.807, 2.05) is 0 Å². The van der Waals surface area contributed by atoms with Crippen molar-refractivity contribution >= 4 is 12.0 Å². The molecule has 1 unspecified atom stereocenters. The van der Waals surface area contributed by atoms with Crippen LogP contribution in [0.3, 0.4) is 0 Å². The fraction of sp³-hybridized carbons (Fsp3) is 0.357. The largest absolute Gasteiger partial charge is 0.339 e. The summed E-state index contributed by atoms with van der Waals surface area (Å²) < 4.78 is 26.7. The van der Waals surface area contributed by atoms with Gasteiger partial charge in [0.25, 0.3) is 0 Å². The van der Waals surface area contributed by atoms with E-state index in [1.165, 1.54) is 18.2 Å². The monoisotopic (exact) mass is 266 g/mol. The number of likely N-dealkylation sites (tertiary alicyclic amines) is 1. The highest BCUT2D eigenvalue weighted by atomic mass is 19.1. The Labute approximate surface area is 110 Å². The molecule has 3 nitrogen and oxygen atoms in total. The zero-order valence-corrected chi connectivity index (χ0v) is 10.5. The van der Waals surface area contributed by atoms with Crippen molar-refractivity contribution in [3.63, 3.8) is 0 Å². The molecule has 1 aromatic carbocycles. The van der Waals surface area contributed by atoms with E-state index in [9.17, 15) is 13.6 Å². The molecule has 0 aliphatic carbocycles. The standard InChI is InChI=1S/C14H16F2N2O/c15-12-2-1-3-13(16)11(12)4-5-14(19)18-7-6-10(8-17)9-18/h1-5,10H,6-9,17H2. The van der Waals surface area contributed by atoms with E-state index in [-0.39, 0.29) is 11.5 Å². The highest BCUT2D eigenvalue weighted by molar-refractivity contribution is 5.92. The molecule has 1 atom stereocenters. The molecule has 1 saturated heterocycles. The van der Waals surface area contributed by atoms with Crippen molar-refractivity contribution in [2.45, 2.75) is 6.42 Å². The van der Waals surface area contributed by atoms with Crippen LogP contribution in [-0.4, -0.2) is 30.4 Å². The number of nitrogens with two attached hydrogens (primary N) is 1. The number of carbonyl (C=O) groups excluding carboxylic acids is 1. The Hall–Kier alpha value is -1.75. The van der Waals surface area contributed by atoms with Crippen LogP contribution in [0.2, 0.25) is 0 Å². The van der Waals surface area contributed by atoms with E-state index in [0.29, 0.717) is 25.6 Å². The molecule has 0 aromatic heterocycles. The highest BCUT2D eigenvalue weighted by Gasteiger charge is 2.23. The fourth-order valence-electron chi connectivity index (χ4n) is 2.16. The minimum atomic E-state index is -0.676. The van der Waals surface area contributed by atoms with Gasteiger partial charge in [-0.05, 0) is 37.1 Å². The summed E-state index contributed by atoms with van der Waals surface area (Å²) >= 11 is 0. The van der Waals surface area contributed by atoms with Crippen LogP contribution in [0, 0.1) is 17.6 Å². The maximum Gasteiger partial charge on any atom is 0.246 e. The van der Waals surface area contributed by atoms with Gasteiger partial charge in [-0.2, -0.15) is 0 Å². The van der Waals surface area contributed by atoms with Gasteiger partial charge in [-0.15, -0.1) is 0 Å². The van der Waals surface area contributed by atoms with Gasteiger partial charge >= 0.3 is 0 Å². The minimum absolute atomic E-state index is 0.189. The number of hydrogen-bond acceptors (Lipinski definition) is 2. The zero-order chi connectivity index (χ0) is 13.8. The van der Waals surface area contributed by atoms with E-state index in [0.717, 1.165) is 18.6 Å². The lowest BCUT2D eigenvalue weighted by Gasteiger charge is -2.13. The molecular weight excluding hydrogens is 250 g/mol. The number of halogens is 2. The number of hydrogen-bond donors (Lipinski definition) is 1. The van der Waals surface area contributed by atoms with Gasteiger partial charge in [0, 0.05) is 24.7 Å². The third-order valence-electron chi connectivity index (χ3n) is 3.32. The minimum Gasteiger partial charge on any atom is -0.339 e. The molecular formula is C14H16F2N2O. The number of nitrogens with zero attached hydrogens (tertiary/aromatic N) is 1. The van der Waals surface area contributed by atoms with Gasteiger partial charge in [-0.25, -0.2) is 8.78 Å². The third-order valence-corrected chi connectivity index (χ3v) is 3.32. The molecule has 102 valence electrons. The van der Waals surface area contributed by atoms with E-state index >= 15 is 0 Å². The molecule has 1 amide bonds. The lowest BCUT2D eigenvalue weighted by Crippen LogP contribution is -2.28. The van der Waals surface area contributed by atoms with E-state index in [4.69, 9.17) is 5.73 Å². The molecule has 0 radical (unpaired) electrons. The first-order chi connectivity index (χ1) is 9.11. The predicted octanol–water partition coefficient (Wildman–Crippen LogP) is 1.79. The summed E-state index contributed by atoms with van der Waals surface area (Å²) in [6, 6.07) is 3.61. The molecule has 0 bridgehead atoms. The van der Waals surface area contributed by atoms with Crippen molar-refractivity contribution < 1.29 is 13.6 Å². The summed E-state index contributed by atoms with van der Waals surface area (Å²) in [5.41, 5.74) is 5.36. The quantitative estimate of drug-likeness (QED) is 0.848. The Morgan fingerprint density at radius 1 is 1.42 bits per heavy atom. The molecule has 2 rings (SSSR count). The maximum absolute atomic E-state index is 13.4. The number of amides is 1. The summed E-state index contributed by atoms with van der Waals surface area (Å²) in [6.07, 6.45) is 3.27. The zero-order valence-electron chi connectivity index (χ0n) is 10.5. The normalized spacial score (nSPS) is 19.3. The van der Waals surface area contributed by atoms with E-state index in [1.54, 1.807) is 4.90 Å². The van der Waals surface area contributed by atoms with Crippen LogP contribution in [-0.2, 0) is 4.79 Å². The second-order valence-electron chi connectivity index (χ2n) is 4.64. The Kier molecular flexibility index (Phi) is 4.27. The Bertz CT molecular complexity index is 482. The number of benzene rings is 1. The van der Waals surface area contributed by atoms with Crippen LogP contribution in [0.5, 0.6) is 0 Å². The number of carbonyl (C=O) groups is 1.